The van der Waals surface area contributed by atoms with Crippen LogP contribution < -0.4 is 0 Å². The Kier molecular flexibility index (Phi) is 2.33. The Morgan fingerprint density at radius 1 is 1.39 bits per heavy atom. The molecule has 5 heteroatoms. The summed E-state index contributed by atoms with van der Waals surface area (Å²) in [6.45, 7) is 0. The zero-order valence-corrected chi connectivity index (χ0v) is 9.45. The summed E-state index contributed by atoms with van der Waals surface area (Å²) in [6, 6.07) is 8.31. The molecule has 2 fully saturated rings. The first kappa shape index (κ1) is 10.8. The molecule has 0 aromatic heterocycles. The van der Waals surface area contributed by atoms with Crippen LogP contribution in [0.1, 0.15) is 12.0 Å². The van der Waals surface area contributed by atoms with Crippen LogP contribution in [0.25, 0.3) is 6.08 Å². The second kappa shape index (κ2) is 3.87. The first-order valence-electron chi connectivity index (χ1n) is 5.64. The molecule has 2 unspecified atom stereocenters. The lowest BCUT2D eigenvalue weighted by Crippen LogP contribution is -2.54. The Balaban J connectivity index is 1.94. The molecular formula is C13H11NO4. The minimum atomic E-state index is -1.06. The van der Waals surface area contributed by atoms with Crippen LogP contribution in [-0.4, -0.2) is 34.2 Å². The van der Waals surface area contributed by atoms with E-state index in [0.717, 1.165) is 5.56 Å². The number of rotatable bonds is 2. The number of carbonyl (C=O) groups excluding carboxylic acids is 1. The SMILES string of the molecule is O=C(O)C1/C(=C\c2ccccc2)OC2CC(=O)N21. The molecule has 1 N–H and O–H groups in total. The van der Waals surface area contributed by atoms with Crippen LogP contribution in [0.4, 0.5) is 0 Å². The molecule has 0 saturated carbocycles. The Morgan fingerprint density at radius 2 is 2.11 bits per heavy atom. The summed E-state index contributed by atoms with van der Waals surface area (Å²) in [5.74, 6) is -0.916. The molecule has 0 radical (unpaired) electrons. The van der Waals surface area contributed by atoms with Crippen LogP contribution in [0.5, 0.6) is 0 Å². The van der Waals surface area contributed by atoms with Crippen LogP contribution in [0.2, 0.25) is 0 Å². The molecule has 1 aromatic rings. The number of aliphatic carboxylic acids is 1. The fourth-order valence-electron chi connectivity index (χ4n) is 2.24. The van der Waals surface area contributed by atoms with Crippen LogP contribution in [0.15, 0.2) is 36.1 Å². The molecule has 2 aliphatic heterocycles. The number of carboxylic acid groups (broad SMARTS) is 1. The standard InChI is InChI=1S/C13H11NO4/c15-10-7-11-14(10)12(13(16)17)9(18-11)6-8-4-2-1-3-5-8/h1-6,11-12H,7H2,(H,16,17)/b9-6+. The molecule has 18 heavy (non-hydrogen) atoms. The predicted octanol–water partition coefficient (Wildman–Crippen LogP) is 1.07. The van der Waals surface area contributed by atoms with Crippen molar-refractivity contribution >= 4 is 18.0 Å². The summed E-state index contributed by atoms with van der Waals surface area (Å²) in [4.78, 5) is 23.9. The normalized spacial score (nSPS) is 27.7. The first-order valence-corrected chi connectivity index (χ1v) is 5.64. The van der Waals surface area contributed by atoms with E-state index in [9.17, 15) is 14.7 Å². The number of hydrogen-bond acceptors (Lipinski definition) is 3. The largest absolute Gasteiger partial charge is 0.479 e. The number of β-lactam (4-membered cyclic amide) rings is 1. The van der Waals surface area contributed by atoms with Gasteiger partial charge in [-0.05, 0) is 11.6 Å². The predicted molar refractivity (Wildman–Crippen MR) is 62.2 cm³/mol. The Hall–Kier alpha value is -2.30. The van der Waals surface area contributed by atoms with E-state index in [1.165, 1.54) is 4.90 Å². The van der Waals surface area contributed by atoms with Gasteiger partial charge in [0, 0.05) is 0 Å². The van der Waals surface area contributed by atoms with Gasteiger partial charge in [-0.25, -0.2) is 4.79 Å². The summed E-state index contributed by atoms with van der Waals surface area (Å²) >= 11 is 0. The smallest absolute Gasteiger partial charge is 0.334 e. The third-order valence-corrected chi connectivity index (χ3v) is 3.11. The number of ether oxygens (including phenoxy) is 1. The second-order valence-electron chi connectivity index (χ2n) is 4.28. The van der Waals surface area contributed by atoms with Crippen molar-refractivity contribution in [3.8, 4) is 0 Å². The van der Waals surface area contributed by atoms with Gasteiger partial charge in [0.25, 0.3) is 0 Å². The molecule has 2 saturated heterocycles. The van der Waals surface area contributed by atoms with E-state index >= 15 is 0 Å². The number of nitrogens with zero attached hydrogens (tertiary/aromatic N) is 1. The highest BCUT2D eigenvalue weighted by Crippen LogP contribution is 2.37. The van der Waals surface area contributed by atoms with Gasteiger partial charge in [0.1, 0.15) is 5.76 Å². The van der Waals surface area contributed by atoms with Gasteiger partial charge in [-0.3, -0.25) is 9.69 Å². The zero-order valence-electron chi connectivity index (χ0n) is 9.45. The van der Waals surface area contributed by atoms with Crippen molar-refractivity contribution in [3.05, 3.63) is 41.7 Å². The average Bonchev–Trinajstić information content (AvgIpc) is 2.63. The molecule has 2 atom stereocenters. The summed E-state index contributed by atoms with van der Waals surface area (Å²) in [6.07, 6.45) is 1.52. The van der Waals surface area contributed by atoms with Gasteiger partial charge in [-0.2, -0.15) is 0 Å². The van der Waals surface area contributed by atoms with Gasteiger partial charge in [-0.15, -0.1) is 0 Å². The van der Waals surface area contributed by atoms with E-state index in [1.807, 2.05) is 30.3 Å². The average molecular weight is 245 g/mol. The maximum absolute atomic E-state index is 11.4. The minimum Gasteiger partial charge on any atom is -0.479 e. The van der Waals surface area contributed by atoms with Crippen LogP contribution in [0.3, 0.4) is 0 Å². The highest BCUT2D eigenvalue weighted by atomic mass is 16.5. The Morgan fingerprint density at radius 3 is 2.72 bits per heavy atom. The van der Waals surface area contributed by atoms with Gasteiger partial charge >= 0.3 is 5.97 Å². The lowest BCUT2D eigenvalue weighted by atomic mass is 10.1. The minimum absolute atomic E-state index is 0.177. The molecule has 2 heterocycles. The lowest BCUT2D eigenvalue weighted by molar-refractivity contribution is -0.163. The van der Waals surface area contributed by atoms with Crippen LogP contribution in [-0.2, 0) is 14.3 Å². The maximum Gasteiger partial charge on any atom is 0.334 e. The molecule has 1 aromatic carbocycles. The van der Waals surface area contributed by atoms with Gasteiger partial charge in [-0.1, -0.05) is 30.3 Å². The quantitative estimate of drug-likeness (QED) is 0.791. The molecule has 3 rings (SSSR count). The third-order valence-electron chi connectivity index (χ3n) is 3.11. The molecule has 92 valence electrons. The summed E-state index contributed by atoms with van der Waals surface area (Å²) in [7, 11) is 0. The van der Waals surface area contributed by atoms with Crippen molar-refractivity contribution < 1.29 is 19.4 Å². The van der Waals surface area contributed by atoms with Crippen molar-refractivity contribution in [3.63, 3.8) is 0 Å². The molecular weight excluding hydrogens is 234 g/mol. The number of fused-ring (bicyclic) bond motifs is 1. The number of carbonyl (C=O) groups is 2. The van der Waals surface area contributed by atoms with Gasteiger partial charge < -0.3 is 9.84 Å². The fraction of sp³-hybridized carbons (Fsp3) is 0.231. The van der Waals surface area contributed by atoms with Crippen molar-refractivity contribution in [1.82, 2.24) is 4.90 Å². The molecule has 0 spiro atoms. The number of carboxylic acids is 1. The third kappa shape index (κ3) is 1.55. The number of benzene rings is 1. The van der Waals surface area contributed by atoms with Crippen molar-refractivity contribution in [2.45, 2.75) is 18.7 Å². The van der Waals surface area contributed by atoms with E-state index in [2.05, 4.69) is 0 Å². The lowest BCUT2D eigenvalue weighted by Gasteiger charge is -2.33. The fourth-order valence-corrected chi connectivity index (χ4v) is 2.24. The van der Waals surface area contributed by atoms with Crippen LogP contribution >= 0.6 is 0 Å². The zero-order chi connectivity index (χ0) is 12.7. The van der Waals surface area contributed by atoms with E-state index < -0.39 is 18.2 Å². The summed E-state index contributed by atoms with van der Waals surface area (Å²) < 4.78 is 5.49. The molecule has 0 bridgehead atoms. The maximum atomic E-state index is 11.4. The summed E-state index contributed by atoms with van der Waals surface area (Å²) in [5.41, 5.74) is 0.855. The van der Waals surface area contributed by atoms with E-state index in [-0.39, 0.29) is 12.3 Å². The highest BCUT2D eigenvalue weighted by molar-refractivity contribution is 5.92. The van der Waals surface area contributed by atoms with Gasteiger partial charge in [0.05, 0.1) is 6.42 Å². The summed E-state index contributed by atoms with van der Waals surface area (Å²) in [5, 5.41) is 9.19. The van der Waals surface area contributed by atoms with Crippen molar-refractivity contribution in [2.24, 2.45) is 0 Å². The van der Waals surface area contributed by atoms with E-state index in [4.69, 9.17) is 4.74 Å². The number of hydrogen-bond donors (Lipinski definition) is 1. The molecule has 1 amide bonds. The molecule has 5 nitrogen and oxygen atoms in total. The van der Waals surface area contributed by atoms with Crippen LogP contribution in [0, 0.1) is 0 Å². The topological polar surface area (TPSA) is 66.8 Å². The molecule has 0 aliphatic carbocycles. The van der Waals surface area contributed by atoms with Crippen molar-refractivity contribution in [1.29, 1.82) is 0 Å². The first-order chi connectivity index (χ1) is 8.66. The van der Waals surface area contributed by atoms with Gasteiger partial charge in [0.15, 0.2) is 12.3 Å². The highest BCUT2D eigenvalue weighted by Gasteiger charge is 2.53. The Labute approximate surface area is 103 Å². The van der Waals surface area contributed by atoms with Gasteiger partial charge in [0.2, 0.25) is 5.91 Å². The van der Waals surface area contributed by atoms with E-state index in [1.54, 1.807) is 6.08 Å². The Bertz CT molecular complexity index is 537. The monoisotopic (exact) mass is 245 g/mol. The molecule has 2 aliphatic rings. The van der Waals surface area contributed by atoms with Crippen molar-refractivity contribution in [2.75, 3.05) is 0 Å². The van der Waals surface area contributed by atoms with E-state index in [0.29, 0.717) is 5.76 Å². The number of amides is 1. The second-order valence-corrected chi connectivity index (χ2v) is 4.28.